The molecule has 0 amide bonds. The predicted octanol–water partition coefficient (Wildman–Crippen LogP) is 3.87. The third-order valence-corrected chi connectivity index (χ3v) is 5.47. The van der Waals surface area contributed by atoms with Gasteiger partial charge >= 0.3 is 6.61 Å². The summed E-state index contributed by atoms with van der Waals surface area (Å²) >= 11 is 0. The number of nitrogens with two attached hydrogens (primary N) is 3. The van der Waals surface area contributed by atoms with E-state index >= 15 is 0 Å². The molecule has 1 heterocycles. The zero-order valence-electron chi connectivity index (χ0n) is 16.4. The summed E-state index contributed by atoms with van der Waals surface area (Å²) in [5.74, 6) is 0.373. The molecule has 0 radical (unpaired) electrons. The van der Waals surface area contributed by atoms with Crippen molar-refractivity contribution in [1.29, 1.82) is 0 Å². The Hall–Kier alpha value is -2.61. The molecule has 0 spiro atoms. The number of aromatic nitrogens is 1. The zero-order valence-corrected chi connectivity index (χ0v) is 16.4. The number of anilines is 3. The van der Waals surface area contributed by atoms with Crippen LogP contribution in [-0.2, 0) is 0 Å². The predicted molar refractivity (Wildman–Crippen MR) is 112 cm³/mol. The van der Waals surface area contributed by atoms with Crippen molar-refractivity contribution < 1.29 is 13.5 Å². The van der Waals surface area contributed by atoms with Gasteiger partial charge in [-0.05, 0) is 55.1 Å². The molecule has 1 fully saturated rings. The van der Waals surface area contributed by atoms with Crippen molar-refractivity contribution in [3.63, 3.8) is 0 Å². The van der Waals surface area contributed by atoms with E-state index in [9.17, 15) is 8.78 Å². The van der Waals surface area contributed by atoms with Crippen LogP contribution in [0.4, 0.5) is 26.1 Å². The van der Waals surface area contributed by atoms with Crippen LogP contribution < -0.4 is 27.3 Å². The number of nitrogen functional groups attached to an aromatic ring is 3. The highest BCUT2D eigenvalue weighted by Crippen LogP contribution is 2.36. The fraction of sp³-hybridized carbons (Fsp3) is 0.476. The fourth-order valence-electron chi connectivity index (χ4n) is 4.05. The highest BCUT2D eigenvalue weighted by Gasteiger charge is 2.21. The van der Waals surface area contributed by atoms with Gasteiger partial charge in [0.1, 0.15) is 17.4 Å². The van der Waals surface area contributed by atoms with Crippen molar-refractivity contribution in [2.24, 2.45) is 0 Å². The van der Waals surface area contributed by atoms with E-state index in [4.69, 9.17) is 17.2 Å². The Kier molecular flexibility index (Phi) is 7.09. The Balaban J connectivity index is 1.85. The van der Waals surface area contributed by atoms with E-state index < -0.39 is 6.61 Å². The smallest absolute Gasteiger partial charge is 0.387 e. The van der Waals surface area contributed by atoms with E-state index in [2.05, 4.69) is 15.0 Å². The number of hydrogen-bond acceptors (Lipinski definition) is 6. The summed E-state index contributed by atoms with van der Waals surface area (Å²) in [5.41, 5.74) is 19.9. The van der Waals surface area contributed by atoms with E-state index in [-0.39, 0.29) is 23.3 Å². The average Bonchev–Trinajstić information content (AvgIpc) is 2.69. The van der Waals surface area contributed by atoms with Crippen molar-refractivity contribution >= 4 is 17.3 Å². The van der Waals surface area contributed by atoms with Gasteiger partial charge in [0.15, 0.2) is 0 Å². The molecule has 0 aliphatic heterocycles. The number of alkyl halides is 2. The van der Waals surface area contributed by atoms with Gasteiger partial charge in [-0.3, -0.25) is 0 Å². The molecule has 1 saturated carbocycles. The van der Waals surface area contributed by atoms with E-state index in [1.165, 1.54) is 38.2 Å². The maximum Gasteiger partial charge on any atom is 0.387 e. The van der Waals surface area contributed by atoms with Crippen molar-refractivity contribution in [2.45, 2.75) is 57.1 Å². The number of benzene rings is 1. The number of nitrogens with zero attached hydrogens (tertiary/aromatic N) is 1. The molecule has 1 unspecified atom stereocenters. The van der Waals surface area contributed by atoms with E-state index in [1.54, 1.807) is 18.2 Å². The van der Waals surface area contributed by atoms with Gasteiger partial charge in [0, 0.05) is 12.0 Å². The highest BCUT2D eigenvalue weighted by molar-refractivity contribution is 5.68. The Bertz CT molecular complexity index is 812. The lowest BCUT2D eigenvalue weighted by atomic mass is 9.87. The zero-order chi connectivity index (χ0) is 20.8. The summed E-state index contributed by atoms with van der Waals surface area (Å²) in [6.45, 7) is -2.12. The fourth-order valence-corrected chi connectivity index (χ4v) is 4.05. The minimum atomic E-state index is -2.88. The Labute approximate surface area is 169 Å². The topological polar surface area (TPSA) is 112 Å². The van der Waals surface area contributed by atoms with E-state index in [0.29, 0.717) is 18.2 Å². The lowest BCUT2D eigenvalue weighted by Gasteiger charge is -2.25. The van der Waals surface area contributed by atoms with Crippen molar-refractivity contribution in [3.05, 3.63) is 41.5 Å². The minimum absolute atomic E-state index is 0.108. The first-order chi connectivity index (χ1) is 13.9. The number of halogens is 2. The van der Waals surface area contributed by atoms with Crippen LogP contribution in [-0.4, -0.2) is 24.2 Å². The van der Waals surface area contributed by atoms with Crippen LogP contribution in [0.2, 0.25) is 0 Å². The highest BCUT2D eigenvalue weighted by atomic mass is 19.3. The second-order valence-electron chi connectivity index (χ2n) is 7.52. The van der Waals surface area contributed by atoms with Crippen LogP contribution >= 0.6 is 0 Å². The molecule has 1 aliphatic rings. The molecule has 8 heteroatoms. The van der Waals surface area contributed by atoms with Gasteiger partial charge in [-0.15, -0.1) is 0 Å². The maximum absolute atomic E-state index is 12.7. The van der Waals surface area contributed by atoms with Gasteiger partial charge in [0.2, 0.25) is 0 Å². The lowest BCUT2D eigenvalue weighted by molar-refractivity contribution is -0.0498. The molecule has 1 aliphatic carbocycles. The molecule has 158 valence electrons. The summed E-state index contributed by atoms with van der Waals surface area (Å²) in [6, 6.07) is 8.91. The average molecular weight is 405 g/mol. The van der Waals surface area contributed by atoms with Crippen LogP contribution in [0.1, 0.15) is 55.6 Å². The quantitative estimate of drug-likeness (QED) is 0.530. The molecular weight excluding hydrogens is 376 g/mol. The van der Waals surface area contributed by atoms with E-state index in [1.807, 2.05) is 6.07 Å². The number of ether oxygens (including phenoxy) is 1. The van der Waals surface area contributed by atoms with Crippen molar-refractivity contribution in [3.8, 4) is 5.75 Å². The first-order valence-electron chi connectivity index (χ1n) is 10.0. The Morgan fingerprint density at radius 2 is 1.86 bits per heavy atom. The summed E-state index contributed by atoms with van der Waals surface area (Å²) in [4.78, 5) is 4.01. The van der Waals surface area contributed by atoms with Gasteiger partial charge < -0.3 is 27.3 Å². The first-order valence-corrected chi connectivity index (χ1v) is 10.0. The molecule has 1 aromatic heterocycles. The minimum Gasteiger partial charge on any atom is -0.435 e. The number of hydrogen-bond donors (Lipinski definition) is 4. The summed E-state index contributed by atoms with van der Waals surface area (Å²) < 4.78 is 29.9. The normalized spacial score (nSPS) is 16.1. The molecule has 6 nitrogen and oxygen atoms in total. The van der Waals surface area contributed by atoms with Crippen LogP contribution in [0.5, 0.6) is 5.75 Å². The SMILES string of the molecule is Nc1cc(C(CCNC2CCCCC2)c2cccc(OC(F)F)c2)c(N)c(N)n1. The van der Waals surface area contributed by atoms with Crippen LogP contribution in [0, 0.1) is 0 Å². The number of pyridine rings is 1. The second-order valence-corrected chi connectivity index (χ2v) is 7.52. The molecule has 2 aromatic rings. The van der Waals surface area contributed by atoms with Crippen molar-refractivity contribution in [2.75, 3.05) is 23.7 Å². The molecule has 0 bridgehead atoms. The van der Waals surface area contributed by atoms with Crippen molar-refractivity contribution in [1.82, 2.24) is 10.3 Å². The summed E-state index contributed by atoms with van der Waals surface area (Å²) in [6.07, 6.45) is 6.86. The largest absolute Gasteiger partial charge is 0.435 e. The van der Waals surface area contributed by atoms with Gasteiger partial charge in [-0.1, -0.05) is 31.4 Å². The Morgan fingerprint density at radius 3 is 2.59 bits per heavy atom. The molecule has 1 atom stereocenters. The maximum atomic E-state index is 12.7. The second kappa shape index (κ2) is 9.73. The van der Waals surface area contributed by atoms with Crippen LogP contribution in [0.3, 0.4) is 0 Å². The van der Waals surface area contributed by atoms with Gasteiger partial charge in [-0.25, -0.2) is 4.98 Å². The van der Waals surface area contributed by atoms with Crippen LogP contribution in [0.25, 0.3) is 0 Å². The third kappa shape index (κ3) is 5.69. The molecule has 3 rings (SSSR count). The molecule has 29 heavy (non-hydrogen) atoms. The number of rotatable bonds is 8. The molecular formula is C21H29F2N5O. The van der Waals surface area contributed by atoms with Gasteiger partial charge in [-0.2, -0.15) is 8.78 Å². The monoisotopic (exact) mass is 405 g/mol. The van der Waals surface area contributed by atoms with Gasteiger partial charge in [0.25, 0.3) is 0 Å². The standard InChI is InChI=1S/C21H29F2N5O/c22-21(23)29-15-8-4-5-13(11-15)16(9-10-27-14-6-2-1-3-7-14)17-12-18(24)28-20(26)19(17)25/h4-5,8,11-12,14,16,21,27H,1-3,6-7,9-10,25H2,(H4,24,26,28). The molecule has 1 aromatic carbocycles. The van der Waals surface area contributed by atoms with Gasteiger partial charge in [0.05, 0.1) is 5.69 Å². The van der Waals surface area contributed by atoms with Crippen LogP contribution in [0.15, 0.2) is 30.3 Å². The molecule has 0 saturated heterocycles. The molecule has 7 N–H and O–H groups in total. The summed E-state index contributed by atoms with van der Waals surface area (Å²) in [7, 11) is 0. The van der Waals surface area contributed by atoms with E-state index in [0.717, 1.165) is 17.7 Å². The first kappa shape index (κ1) is 21.1. The lowest BCUT2D eigenvalue weighted by Crippen LogP contribution is -2.32. The Morgan fingerprint density at radius 1 is 1.10 bits per heavy atom. The summed E-state index contributed by atoms with van der Waals surface area (Å²) in [5, 5.41) is 3.62. The number of nitrogens with one attached hydrogen (secondary N) is 1. The third-order valence-electron chi connectivity index (χ3n) is 5.47.